The summed E-state index contributed by atoms with van der Waals surface area (Å²) in [6.45, 7) is 6.62. The summed E-state index contributed by atoms with van der Waals surface area (Å²) in [5.74, 6) is 0.696. The van der Waals surface area contributed by atoms with Gasteiger partial charge in [-0.3, -0.25) is 0 Å². The van der Waals surface area contributed by atoms with Crippen LogP contribution in [0.5, 0.6) is 0 Å². The van der Waals surface area contributed by atoms with E-state index in [1.165, 1.54) is 12.0 Å². The van der Waals surface area contributed by atoms with Crippen molar-refractivity contribution >= 4 is 0 Å². The van der Waals surface area contributed by atoms with Gasteiger partial charge in [-0.1, -0.05) is 44.2 Å². The van der Waals surface area contributed by atoms with Gasteiger partial charge < -0.3 is 9.88 Å². The molecule has 1 unspecified atom stereocenters. The number of benzene rings is 1. The second kappa shape index (κ2) is 7.85. The van der Waals surface area contributed by atoms with Gasteiger partial charge in [-0.15, -0.1) is 0 Å². The largest absolute Gasteiger partial charge is 0.337 e. The summed E-state index contributed by atoms with van der Waals surface area (Å²) >= 11 is 0. The highest BCUT2D eigenvalue weighted by molar-refractivity contribution is 5.18. The molecule has 0 saturated carbocycles. The van der Waals surface area contributed by atoms with Gasteiger partial charge in [0.05, 0.1) is 6.33 Å². The van der Waals surface area contributed by atoms with Crippen LogP contribution in [-0.4, -0.2) is 16.1 Å². The molecule has 0 spiro atoms. The normalized spacial score (nSPS) is 12.8. The summed E-state index contributed by atoms with van der Waals surface area (Å²) < 4.78 is 2.13. The molecule has 0 amide bonds. The molecule has 0 bridgehead atoms. The van der Waals surface area contributed by atoms with E-state index in [1.807, 2.05) is 18.7 Å². The fraction of sp³-hybridized carbons (Fsp3) is 0.471. The van der Waals surface area contributed by atoms with Gasteiger partial charge in [0.25, 0.3) is 0 Å². The van der Waals surface area contributed by atoms with Crippen LogP contribution in [0.25, 0.3) is 0 Å². The number of aromatic nitrogens is 2. The molecule has 0 aliphatic rings. The van der Waals surface area contributed by atoms with Crippen molar-refractivity contribution in [3.63, 3.8) is 0 Å². The minimum absolute atomic E-state index is 0.457. The zero-order valence-electron chi connectivity index (χ0n) is 12.5. The van der Waals surface area contributed by atoms with Crippen molar-refractivity contribution in [1.82, 2.24) is 14.9 Å². The first kappa shape index (κ1) is 14.8. The van der Waals surface area contributed by atoms with Crippen LogP contribution in [0.15, 0.2) is 49.1 Å². The topological polar surface area (TPSA) is 29.9 Å². The number of nitrogens with one attached hydrogen (secondary N) is 1. The van der Waals surface area contributed by atoms with E-state index >= 15 is 0 Å². The van der Waals surface area contributed by atoms with Crippen LogP contribution in [0.1, 0.15) is 38.3 Å². The molecule has 0 aliphatic heterocycles. The number of hydrogen-bond acceptors (Lipinski definition) is 2. The highest BCUT2D eigenvalue weighted by Gasteiger charge is 2.11. The van der Waals surface area contributed by atoms with Crippen molar-refractivity contribution in [3.05, 3.63) is 54.6 Å². The lowest BCUT2D eigenvalue weighted by atomic mass is 9.97. The summed E-state index contributed by atoms with van der Waals surface area (Å²) in [5, 5.41) is 3.70. The van der Waals surface area contributed by atoms with E-state index in [0.717, 1.165) is 19.5 Å². The Labute approximate surface area is 122 Å². The first-order chi connectivity index (χ1) is 9.75. The van der Waals surface area contributed by atoms with E-state index < -0.39 is 0 Å². The molecule has 2 aromatic rings. The highest BCUT2D eigenvalue weighted by atomic mass is 15.0. The summed E-state index contributed by atoms with van der Waals surface area (Å²) in [5.41, 5.74) is 1.39. The highest BCUT2D eigenvalue weighted by Crippen LogP contribution is 2.20. The fourth-order valence-corrected chi connectivity index (χ4v) is 2.45. The molecule has 0 radical (unpaired) electrons. The second-order valence-corrected chi connectivity index (χ2v) is 5.70. The Hall–Kier alpha value is -1.61. The lowest BCUT2D eigenvalue weighted by Gasteiger charge is -2.21. The Kier molecular flexibility index (Phi) is 5.81. The number of rotatable bonds is 8. The predicted octanol–water partition coefficient (Wildman–Crippen LogP) is 3.65. The lowest BCUT2D eigenvalue weighted by molar-refractivity contribution is 0.420. The van der Waals surface area contributed by atoms with Gasteiger partial charge in [0.1, 0.15) is 0 Å². The zero-order valence-corrected chi connectivity index (χ0v) is 12.5. The van der Waals surface area contributed by atoms with Gasteiger partial charge in [-0.25, -0.2) is 4.98 Å². The number of imidazole rings is 1. The van der Waals surface area contributed by atoms with Crippen LogP contribution in [0.2, 0.25) is 0 Å². The van der Waals surface area contributed by atoms with E-state index in [0.29, 0.717) is 12.0 Å². The molecule has 1 N–H and O–H groups in total. The number of aryl methyl sites for hydroxylation is 1. The SMILES string of the molecule is CC(C)CC(NCCCn1ccnc1)c1ccccc1. The van der Waals surface area contributed by atoms with Crippen LogP contribution in [0.4, 0.5) is 0 Å². The van der Waals surface area contributed by atoms with Crippen molar-refractivity contribution in [1.29, 1.82) is 0 Å². The van der Waals surface area contributed by atoms with Crippen LogP contribution in [0.3, 0.4) is 0 Å². The van der Waals surface area contributed by atoms with Crippen molar-refractivity contribution in [2.75, 3.05) is 6.54 Å². The van der Waals surface area contributed by atoms with Gasteiger partial charge in [0.2, 0.25) is 0 Å². The van der Waals surface area contributed by atoms with Gasteiger partial charge in [0, 0.05) is 25.0 Å². The molecule has 1 aromatic carbocycles. The first-order valence-corrected chi connectivity index (χ1v) is 7.50. The van der Waals surface area contributed by atoms with E-state index in [9.17, 15) is 0 Å². The van der Waals surface area contributed by atoms with Gasteiger partial charge in [-0.2, -0.15) is 0 Å². The Morgan fingerprint density at radius 2 is 2.00 bits per heavy atom. The third-order valence-electron chi connectivity index (χ3n) is 3.45. The molecule has 0 aliphatic carbocycles. The van der Waals surface area contributed by atoms with Gasteiger partial charge >= 0.3 is 0 Å². The van der Waals surface area contributed by atoms with Crippen LogP contribution in [0, 0.1) is 5.92 Å². The average Bonchev–Trinajstić information content (AvgIpc) is 2.96. The van der Waals surface area contributed by atoms with Gasteiger partial charge in [0.15, 0.2) is 0 Å². The van der Waals surface area contributed by atoms with E-state index in [-0.39, 0.29) is 0 Å². The van der Waals surface area contributed by atoms with Crippen molar-refractivity contribution in [3.8, 4) is 0 Å². The lowest BCUT2D eigenvalue weighted by Crippen LogP contribution is -2.24. The monoisotopic (exact) mass is 271 g/mol. The van der Waals surface area contributed by atoms with Crippen molar-refractivity contribution < 1.29 is 0 Å². The third-order valence-corrected chi connectivity index (χ3v) is 3.45. The molecule has 2 rings (SSSR count). The minimum atomic E-state index is 0.457. The Morgan fingerprint density at radius 3 is 2.65 bits per heavy atom. The molecule has 3 heteroatoms. The Morgan fingerprint density at radius 1 is 1.20 bits per heavy atom. The smallest absolute Gasteiger partial charge is 0.0945 e. The molecule has 1 heterocycles. The standard InChI is InChI=1S/C17H25N3/c1-15(2)13-17(16-7-4-3-5-8-16)19-9-6-11-20-12-10-18-14-20/h3-5,7-8,10,12,14-15,17,19H,6,9,11,13H2,1-2H3. The third kappa shape index (κ3) is 4.82. The van der Waals surface area contributed by atoms with Crippen molar-refractivity contribution in [2.24, 2.45) is 5.92 Å². The maximum Gasteiger partial charge on any atom is 0.0945 e. The van der Waals surface area contributed by atoms with E-state index in [4.69, 9.17) is 0 Å². The number of nitrogens with zero attached hydrogens (tertiary/aromatic N) is 2. The van der Waals surface area contributed by atoms with E-state index in [1.54, 1.807) is 0 Å². The predicted molar refractivity (Wildman–Crippen MR) is 83.5 cm³/mol. The summed E-state index contributed by atoms with van der Waals surface area (Å²) in [6.07, 6.45) is 8.03. The zero-order chi connectivity index (χ0) is 14.2. The molecular weight excluding hydrogens is 246 g/mol. The maximum atomic E-state index is 4.07. The van der Waals surface area contributed by atoms with Crippen molar-refractivity contribution in [2.45, 2.75) is 39.3 Å². The van der Waals surface area contributed by atoms with Crippen LogP contribution < -0.4 is 5.32 Å². The number of hydrogen-bond donors (Lipinski definition) is 1. The maximum absolute atomic E-state index is 4.07. The molecule has 3 nitrogen and oxygen atoms in total. The summed E-state index contributed by atoms with van der Waals surface area (Å²) in [4.78, 5) is 4.07. The second-order valence-electron chi connectivity index (χ2n) is 5.70. The first-order valence-electron chi connectivity index (χ1n) is 7.50. The summed E-state index contributed by atoms with van der Waals surface area (Å²) in [7, 11) is 0. The van der Waals surface area contributed by atoms with Crippen LogP contribution >= 0.6 is 0 Å². The molecule has 108 valence electrons. The van der Waals surface area contributed by atoms with E-state index in [2.05, 4.69) is 59.0 Å². The Bertz CT molecular complexity index is 462. The molecule has 1 aromatic heterocycles. The quantitative estimate of drug-likeness (QED) is 0.743. The molecule has 0 fully saturated rings. The summed E-state index contributed by atoms with van der Waals surface area (Å²) in [6, 6.07) is 11.2. The minimum Gasteiger partial charge on any atom is -0.337 e. The van der Waals surface area contributed by atoms with Gasteiger partial charge in [-0.05, 0) is 30.9 Å². The fourth-order valence-electron chi connectivity index (χ4n) is 2.45. The molecule has 1 atom stereocenters. The molecule has 20 heavy (non-hydrogen) atoms. The van der Waals surface area contributed by atoms with Crippen LogP contribution in [-0.2, 0) is 6.54 Å². The Balaban J connectivity index is 1.82. The average molecular weight is 271 g/mol. The molecular formula is C17H25N3. The molecule has 0 saturated heterocycles.